The van der Waals surface area contributed by atoms with Gasteiger partial charge in [-0.3, -0.25) is 14.3 Å². The molecule has 2 aromatic carbocycles. The van der Waals surface area contributed by atoms with Gasteiger partial charge in [0.2, 0.25) is 0 Å². The maximum atomic E-state index is 14.7. The Morgan fingerprint density at radius 3 is 2.46 bits per heavy atom. The summed E-state index contributed by atoms with van der Waals surface area (Å²) in [6, 6.07) is 6.86. The number of nitrogens with zero attached hydrogens (tertiary/aromatic N) is 4. The van der Waals surface area contributed by atoms with Crippen LogP contribution in [0.2, 0.25) is 0 Å². The van der Waals surface area contributed by atoms with Crippen LogP contribution in [-0.4, -0.2) is 46.0 Å². The van der Waals surface area contributed by atoms with Gasteiger partial charge in [0.05, 0.1) is 47.3 Å². The smallest absolute Gasteiger partial charge is 0.410 e. The number of alkyl halides is 3. The first kappa shape index (κ1) is 28.4. The van der Waals surface area contributed by atoms with Crippen LogP contribution < -0.4 is 10.3 Å². The zero-order valence-electron chi connectivity index (χ0n) is 21.3. The van der Waals surface area contributed by atoms with Crippen LogP contribution in [0, 0.1) is 23.1 Å². The molecule has 0 radical (unpaired) electrons. The highest BCUT2D eigenvalue weighted by atomic mass is 79.9. The maximum Gasteiger partial charge on any atom is 0.410 e. The number of amides is 1. The van der Waals surface area contributed by atoms with E-state index >= 15 is 0 Å². The van der Waals surface area contributed by atoms with E-state index in [1.54, 1.807) is 20.8 Å². The first-order valence-electron chi connectivity index (χ1n) is 11.7. The minimum Gasteiger partial charge on any atom is -0.494 e. The molecule has 3 aromatic rings. The van der Waals surface area contributed by atoms with Crippen molar-refractivity contribution in [2.45, 2.75) is 45.0 Å². The van der Waals surface area contributed by atoms with Crippen molar-refractivity contribution >= 4 is 32.9 Å². The minimum atomic E-state index is -4.65. The van der Waals surface area contributed by atoms with Gasteiger partial charge < -0.3 is 9.47 Å². The average Bonchev–Trinajstić information content (AvgIpc) is 3.29. The fourth-order valence-corrected chi connectivity index (χ4v) is 4.99. The lowest BCUT2D eigenvalue weighted by Gasteiger charge is -2.29. The van der Waals surface area contributed by atoms with Gasteiger partial charge in [-0.25, -0.2) is 14.2 Å². The molecule has 13 heteroatoms. The molecule has 4 rings (SSSR count). The van der Waals surface area contributed by atoms with Crippen molar-refractivity contribution in [2.75, 3.05) is 13.7 Å². The lowest BCUT2D eigenvalue weighted by atomic mass is 10.0. The number of likely N-dealkylation sites (tertiary alicyclic amines) is 1. The van der Waals surface area contributed by atoms with E-state index in [4.69, 9.17) is 9.47 Å². The molecule has 1 aromatic heterocycles. The van der Waals surface area contributed by atoms with Gasteiger partial charge in [-0.15, -0.1) is 0 Å². The average molecular weight is 611 g/mol. The molecule has 0 aliphatic carbocycles. The van der Waals surface area contributed by atoms with Gasteiger partial charge in [0, 0.05) is 17.1 Å². The number of hydrogen-bond donors (Lipinski definition) is 0. The number of benzene rings is 2. The Balaban J connectivity index is 2.03. The van der Waals surface area contributed by atoms with Gasteiger partial charge in [0.15, 0.2) is 11.6 Å². The normalized spacial score (nSPS) is 17.8. The summed E-state index contributed by atoms with van der Waals surface area (Å²) in [4.78, 5) is 32.4. The van der Waals surface area contributed by atoms with Crippen molar-refractivity contribution in [1.29, 1.82) is 5.26 Å². The number of methoxy groups -OCH3 is 1. The van der Waals surface area contributed by atoms with E-state index in [1.807, 2.05) is 6.07 Å². The van der Waals surface area contributed by atoms with Gasteiger partial charge >= 0.3 is 12.3 Å². The summed E-state index contributed by atoms with van der Waals surface area (Å²) in [5, 5.41) is 9.35. The van der Waals surface area contributed by atoms with Crippen LogP contribution >= 0.6 is 15.9 Å². The van der Waals surface area contributed by atoms with Crippen molar-refractivity contribution in [2.24, 2.45) is 5.92 Å². The third-order valence-corrected chi connectivity index (χ3v) is 6.77. The molecule has 0 bridgehead atoms. The topological polar surface area (TPSA) is 97.4 Å². The largest absolute Gasteiger partial charge is 0.494 e. The van der Waals surface area contributed by atoms with Crippen molar-refractivity contribution in [3.05, 3.63) is 62.4 Å². The summed E-state index contributed by atoms with van der Waals surface area (Å²) in [7, 11) is 1.25. The van der Waals surface area contributed by atoms with Crippen LogP contribution in [0.1, 0.15) is 44.6 Å². The number of halogens is 5. The maximum absolute atomic E-state index is 14.7. The van der Waals surface area contributed by atoms with E-state index in [2.05, 4.69) is 20.9 Å². The van der Waals surface area contributed by atoms with Crippen molar-refractivity contribution in [1.82, 2.24) is 14.5 Å². The van der Waals surface area contributed by atoms with E-state index in [9.17, 15) is 32.4 Å². The molecule has 8 nitrogen and oxygen atoms in total. The van der Waals surface area contributed by atoms with Gasteiger partial charge in [0.25, 0.3) is 5.56 Å². The second-order valence-corrected chi connectivity index (χ2v) is 10.9. The fraction of sp³-hybridized carbons (Fsp3) is 0.385. The van der Waals surface area contributed by atoms with Crippen molar-refractivity contribution in [3.63, 3.8) is 0 Å². The van der Waals surface area contributed by atoms with Gasteiger partial charge in [0.1, 0.15) is 11.4 Å². The van der Waals surface area contributed by atoms with Crippen LogP contribution in [-0.2, 0) is 4.74 Å². The molecule has 1 saturated heterocycles. The highest BCUT2D eigenvalue weighted by molar-refractivity contribution is 9.10. The molecule has 0 saturated carbocycles. The lowest BCUT2D eigenvalue weighted by Crippen LogP contribution is -2.39. The summed E-state index contributed by atoms with van der Waals surface area (Å²) in [6.45, 7) is 4.00. The van der Waals surface area contributed by atoms with Crippen LogP contribution in [0.25, 0.3) is 16.6 Å². The standard InChI is InChI=1S/C26H23BrF4N4O4/c1-25(2,3)39-24(37)34-12-14(26(29,30)31)9-19(34)22-33-21-16(7-13(11-32)8-17(21)27)23(36)35(22)15-5-6-20(38-4)18(28)10-15/h5-8,10,14,19H,9,12H2,1-4H3/t14-,19-/m1/s1. The van der Waals surface area contributed by atoms with Crippen LogP contribution in [0.3, 0.4) is 0 Å². The van der Waals surface area contributed by atoms with E-state index in [0.717, 1.165) is 15.5 Å². The third kappa shape index (κ3) is 5.56. The predicted molar refractivity (Wildman–Crippen MR) is 136 cm³/mol. The monoisotopic (exact) mass is 610 g/mol. The zero-order chi connectivity index (χ0) is 28.9. The molecule has 0 N–H and O–H groups in total. The van der Waals surface area contributed by atoms with Crippen molar-refractivity contribution in [3.8, 4) is 17.5 Å². The van der Waals surface area contributed by atoms with E-state index < -0.39 is 54.2 Å². The number of carbonyl (C=O) groups excluding carboxylic acids is 1. The molecule has 1 fully saturated rings. The van der Waals surface area contributed by atoms with Gasteiger partial charge in [-0.05, 0) is 67.4 Å². The van der Waals surface area contributed by atoms with Crippen LogP contribution in [0.5, 0.6) is 5.75 Å². The quantitative estimate of drug-likeness (QED) is 0.336. The SMILES string of the molecule is COc1ccc(-n2c([C@H]3C[C@@H](C(F)(F)F)CN3C(=O)OC(C)(C)C)nc3c(Br)cc(C#N)cc3c2=O)cc1F. The highest BCUT2D eigenvalue weighted by Crippen LogP contribution is 2.44. The summed E-state index contributed by atoms with van der Waals surface area (Å²) in [6.07, 6.45) is -6.27. The predicted octanol–water partition coefficient (Wildman–Crippen LogP) is 6.03. The Bertz CT molecular complexity index is 1560. The van der Waals surface area contributed by atoms with Gasteiger partial charge in [-0.2, -0.15) is 18.4 Å². The molecule has 2 atom stereocenters. The summed E-state index contributed by atoms with van der Waals surface area (Å²) in [5.74, 6) is -3.10. The highest BCUT2D eigenvalue weighted by Gasteiger charge is 2.51. The molecule has 206 valence electrons. The first-order chi connectivity index (χ1) is 18.1. The second-order valence-electron chi connectivity index (χ2n) is 10.0. The van der Waals surface area contributed by atoms with Crippen LogP contribution in [0.15, 0.2) is 39.6 Å². The molecular formula is C26H23BrF4N4O4. The summed E-state index contributed by atoms with van der Waals surface area (Å²) >= 11 is 3.28. The second kappa shape index (κ2) is 10.1. The molecule has 1 aliphatic heterocycles. The molecule has 0 spiro atoms. The molecular weight excluding hydrogens is 588 g/mol. The Labute approximate surface area is 228 Å². The van der Waals surface area contributed by atoms with E-state index in [1.165, 1.54) is 31.4 Å². The number of aromatic nitrogens is 2. The fourth-order valence-electron chi connectivity index (χ4n) is 4.44. The number of hydrogen-bond acceptors (Lipinski definition) is 6. The van der Waals surface area contributed by atoms with Crippen LogP contribution in [0.4, 0.5) is 22.4 Å². The molecule has 1 aliphatic rings. The Kier molecular flexibility index (Phi) is 7.37. The number of carbonyl (C=O) groups is 1. The molecule has 0 unspecified atom stereocenters. The molecule has 39 heavy (non-hydrogen) atoms. The molecule has 2 heterocycles. The number of ether oxygens (including phenoxy) is 2. The Morgan fingerprint density at radius 2 is 1.90 bits per heavy atom. The number of rotatable bonds is 3. The first-order valence-corrected chi connectivity index (χ1v) is 12.5. The Morgan fingerprint density at radius 1 is 1.21 bits per heavy atom. The van der Waals surface area contributed by atoms with E-state index in [-0.39, 0.29) is 38.2 Å². The Hall–Kier alpha value is -3.66. The third-order valence-electron chi connectivity index (χ3n) is 6.17. The van der Waals surface area contributed by atoms with Gasteiger partial charge in [-0.1, -0.05) is 0 Å². The summed E-state index contributed by atoms with van der Waals surface area (Å²) < 4.78 is 68.0. The number of nitriles is 1. The molecule has 1 amide bonds. The minimum absolute atomic E-state index is 0.0323. The number of fused-ring (bicyclic) bond motifs is 1. The van der Waals surface area contributed by atoms with E-state index in [0.29, 0.717) is 0 Å². The zero-order valence-corrected chi connectivity index (χ0v) is 22.9. The lowest BCUT2D eigenvalue weighted by molar-refractivity contribution is -0.170. The van der Waals surface area contributed by atoms with Crippen molar-refractivity contribution < 1.29 is 31.8 Å². The summed E-state index contributed by atoms with van der Waals surface area (Å²) in [5.41, 5.74) is -1.64.